The van der Waals surface area contributed by atoms with Crippen molar-refractivity contribution in [1.82, 2.24) is 4.68 Å². The first kappa shape index (κ1) is 16.5. The van der Waals surface area contributed by atoms with E-state index in [1.807, 2.05) is 22.2 Å². The van der Waals surface area contributed by atoms with Crippen LogP contribution in [0.25, 0.3) is 11.5 Å². The molecular weight excluding hydrogens is 294 g/mol. The van der Waals surface area contributed by atoms with Crippen LogP contribution in [0.3, 0.4) is 0 Å². The summed E-state index contributed by atoms with van der Waals surface area (Å²) in [6, 6.07) is 3.84. The number of furan rings is 1. The monoisotopic (exact) mass is 317 g/mol. The predicted molar refractivity (Wildman–Crippen MR) is 93.3 cm³/mol. The average molecular weight is 317 g/mol. The molecule has 0 aromatic carbocycles. The lowest BCUT2D eigenvalue weighted by atomic mass is 10.1. The van der Waals surface area contributed by atoms with Crippen LogP contribution >= 0.6 is 11.3 Å². The fourth-order valence-electron chi connectivity index (χ4n) is 2.19. The number of rotatable bonds is 8. The Morgan fingerprint density at radius 3 is 2.73 bits per heavy atom. The third-order valence-electron chi connectivity index (χ3n) is 3.13. The van der Waals surface area contributed by atoms with E-state index in [2.05, 4.69) is 25.4 Å². The summed E-state index contributed by atoms with van der Waals surface area (Å²) in [6.45, 7) is 8.68. The third kappa shape index (κ3) is 4.07. The van der Waals surface area contributed by atoms with E-state index in [0.717, 1.165) is 41.9 Å². The maximum Gasteiger partial charge on any atom is 0.206 e. The van der Waals surface area contributed by atoms with Gasteiger partial charge in [-0.15, -0.1) is 17.9 Å². The summed E-state index contributed by atoms with van der Waals surface area (Å²) in [6.07, 6.45) is 7.68. The second kappa shape index (κ2) is 8.54. The molecule has 22 heavy (non-hydrogen) atoms. The van der Waals surface area contributed by atoms with Gasteiger partial charge in [-0.25, -0.2) is 4.68 Å². The van der Waals surface area contributed by atoms with Crippen LogP contribution in [0.5, 0.6) is 0 Å². The van der Waals surface area contributed by atoms with E-state index in [0.29, 0.717) is 6.54 Å². The molecule has 0 aliphatic heterocycles. The molecule has 0 atom stereocenters. The van der Waals surface area contributed by atoms with Gasteiger partial charge in [-0.2, -0.15) is 5.10 Å². The molecular formula is C17H23N3OS. The highest BCUT2D eigenvalue weighted by Gasteiger charge is 2.10. The van der Waals surface area contributed by atoms with Gasteiger partial charge in [0.05, 0.1) is 12.8 Å². The molecule has 2 aromatic rings. The number of nitrogens with zero attached hydrogens (tertiary/aromatic N) is 3. The highest BCUT2D eigenvalue weighted by molar-refractivity contribution is 7.07. The van der Waals surface area contributed by atoms with Crippen LogP contribution in [0, 0.1) is 0 Å². The molecule has 0 amide bonds. The van der Waals surface area contributed by atoms with Crippen LogP contribution in [0.4, 0.5) is 0 Å². The van der Waals surface area contributed by atoms with Crippen molar-refractivity contribution in [2.75, 3.05) is 6.54 Å². The summed E-state index contributed by atoms with van der Waals surface area (Å²) in [4.78, 5) is 5.41. The van der Waals surface area contributed by atoms with E-state index in [1.54, 1.807) is 23.7 Å². The minimum atomic E-state index is 0.588. The van der Waals surface area contributed by atoms with Gasteiger partial charge in [0, 0.05) is 11.1 Å². The zero-order valence-corrected chi connectivity index (χ0v) is 14.1. The predicted octanol–water partition coefficient (Wildman–Crippen LogP) is 4.70. The maximum atomic E-state index is 5.53. The van der Waals surface area contributed by atoms with Gasteiger partial charge < -0.3 is 4.42 Å². The highest BCUT2D eigenvalue weighted by atomic mass is 32.1. The molecule has 0 bridgehead atoms. The van der Waals surface area contributed by atoms with E-state index >= 15 is 0 Å². The summed E-state index contributed by atoms with van der Waals surface area (Å²) in [5.41, 5.74) is 2.15. The SMILES string of the molecule is C=CCN=c1scc(-c2ccco2)n1N=C(CCC)CCC. The summed E-state index contributed by atoms with van der Waals surface area (Å²) in [5, 5.41) is 6.90. The minimum absolute atomic E-state index is 0.588. The molecule has 0 aliphatic carbocycles. The van der Waals surface area contributed by atoms with Crippen molar-refractivity contribution in [3.8, 4) is 11.5 Å². The molecule has 0 N–H and O–H groups in total. The lowest BCUT2D eigenvalue weighted by Gasteiger charge is -2.06. The van der Waals surface area contributed by atoms with Crippen molar-refractivity contribution in [3.05, 3.63) is 41.2 Å². The Balaban J connectivity index is 2.51. The zero-order valence-electron chi connectivity index (χ0n) is 13.3. The minimum Gasteiger partial charge on any atom is -0.463 e. The molecule has 0 spiro atoms. The molecule has 0 fully saturated rings. The largest absolute Gasteiger partial charge is 0.463 e. The van der Waals surface area contributed by atoms with Crippen LogP contribution in [0.1, 0.15) is 39.5 Å². The van der Waals surface area contributed by atoms with Crippen molar-refractivity contribution in [3.63, 3.8) is 0 Å². The maximum absolute atomic E-state index is 5.53. The molecule has 2 heterocycles. The first-order valence-electron chi connectivity index (χ1n) is 7.72. The van der Waals surface area contributed by atoms with Crippen molar-refractivity contribution in [2.24, 2.45) is 10.1 Å². The second-order valence-electron chi connectivity index (χ2n) is 4.99. The van der Waals surface area contributed by atoms with E-state index < -0.39 is 0 Å². The Kier molecular flexibility index (Phi) is 6.40. The number of aromatic nitrogens is 1. The third-order valence-corrected chi connectivity index (χ3v) is 3.99. The lowest BCUT2D eigenvalue weighted by Crippen LogP contribution is -2.15. The fraction of sp³-hybridized carbons (Fsp3) is 0.412. The summed E-state index contributed by atoms with van der Waals surface area (Å²) >= 11 is 1.57. The molecule has 118 valence electrons. The Morgan fingerprint density at radius 2 is 2.14 bits per heavy atom. The van der Waals surface area contributed by atoms with Crippen molar-refractivity contribution in [1.29, 1.82) is 0 Å². The Bertz CT molecular complexity index is 669. The van der Waals surface area contributed by atoms with Crippen LogP contribution in [0.15, 0.2) is 50.9 Å². The van der Waals surface area contributed by atoms with E-state index in [4.69, 9.17) is 9.52 Å². The van der Waals surface area contributed by atoms with Gasteiger partial charge in [0.1, 0.15) is 5.69 Å². The highest BCUT2D eigenvalue weighted by Crippen LogP contribution is 2.21. The van der Waals surface area contributed by atoms with Gasteiger partial charge in [-0.3, -0.25) is 4.99 Å². The molecule has 5 heteroatoms. The molecule has 0 aliphatic rings. The Labute approximate surface area is 135 Å². The van der Waals surface area contributed by atoms with Crippen molar-refractivity contribution in [2.45, 2.75) is 39.5 Å². The molecule has 2 aromatic heterocycles. The molecule has 0 saturated heterocycles. The summed E-state index contributed by atoms with van der Waals surface area (Å²) in [5.74, 6) is 0.812. The van der Waals surface area contributed by atoms with Crippen LogP contribution < -0.4 is 4.80 Å². The van der Waals surface area contributed by atoms with Gasteiger partial charge in [0.15, 0.2) is 5.76 Å². The van der Waals surface area contributed by atoms with Crippen molar-refractivity contribution >= 4 is 17.0 Å². The van der Waals surface area contributed by atoms with Crippen LogP contribution in [-0.2, 0) is 0 Å². The first-order valence-corrected chi connectivity index (χ1v) is 8.60. The van der Waals surface area contributed by atoms with E-state index in [9.17, 15) is 0 Å². The van der Waals surface area contributed by atoms with Gasteiger partial charge in [0.2, 0.25) is 4.80 Å². The van der Waals surface area contributed by atoms with E-state index in [-0.39, 0.29) is 0 Å². The quantitative estimate of drug-likeness (QED) is 0.514. The number of hydrogen-bond acceptors (Lipinski definition) is 4. The Hall–Kier alpha value is -1.88. The lowest BCUT2D eigenvalue weighted by molar-refractivity contribution is 0.575. The first-order chi connectivity index (χ1) is 10.8. The van der Waals surface area contributed by atoms with Gasteiger partial charge in [-0.05, 0) is 25.0 Å². The van der Waals surface area contributed by atoms with Crippen molar-refractivity contribution < 1.29 is 4.42 Å². The zero-order chi connectivity index (χ0) is 15.8. The van der Waals surface area contributed by atoms with Crippen LogP contribution in [-0.4, -0.2) is 16.9 Å². The molecule has 0 unspecified atom stereocenters. The molecule has 4 nitrogen and oxygen atoms in total. The molecule has 0 saturated carbocycles. The second-order valence-corrected chi connectivity index (χ2v) is 5.82. The number of hydrogen-bond donors (Lipinski definition) is 0. The topological polar surface area (TPSA) is 42.8 Å². The summed E-state index contributed by atoms with van der Waals surface area (Å²) in [7, 11) is 0. The van der Waals surface area contributed by atoms with Gasteiger partial charge in [-0.1, -0.05) is 32.8 Å². The molecule has 2 rings (SSSR count). The van der Waals surface area contributed by atoms with Crippen LogP contribution in [0.2, 0.25) is 0 Å². The molecule has 0 radical (unpaired) electrons. The Morgan fingerprint density at radius 1 is 1.36 bits per heavy atom. The summed E-state index contributed by atoms with van der Waals surface area (Å²) < 4.78 is 7.44. The standard InChI is InChI=1S/C17H23N3OS/c1-4-8-14(9-5-2)19-20-15(16-10-7-12-21-16)13-22-17(20)18-11-6-3/h6-7,10,12-13H,3-5,8-9,11H2,1-2H3. The average Bonchev–Trinajstić information content (AvgIpc) is 3.15. The van der Waals surface area contributed by atoms with E-state index in [1.165, 1.54) is 5.71 Å². The van der Waals surface area contributed by atoms with Gasteiger partial charge >= 0.3 is 0 Å². The van der Waals surface area contributed by atoms with Gasteiger partial charge in [0.25, 0.3) is 0 Å². The smallest absolute Gasteiger partial charge is 0.206 e. The fourth-order valence-corrected chi connectivity index (χ4v) is 3.01. The number of thiazole rings is 1. The normalized spacial score (nSPS) is 11.6.